The van der Waals surface area contributed by atoms with E-state index in [0.717, 1.165) is 0 Å². The fourth-order valence-electron chi connectivity index (χ4n) is 1.83. The third-order valence-corrected chi connectivity index (χ3v) is 4.50. The molecule has 0 unspecified atom stereocenters. The minimum atomic E-state index is -3.65. The number of benzene rings is 2. The van der Waals surface area contributed by atoms with Crippen molar-refractivity contribution in [2.24, 2.45) is 0 Å². The fraction of sp³-hybridized carbons (Fsp3) is 0.143. The highest BCUT2D eigenvalue weighted by molar-refractivity contribution is 7.89. The Balaban J connectivity index is 2.21. The van der Waals surface area contributed by atoms with Crippen molar-refractivity contribution in [3.05, 3.63) is 53.1 Å². The van der Waals surface area contributed by atoms with Crippen molar-refractivity contribution >= 4 is 27.3 Å². The van der Waals surface area contributed by atoms with Gasteiger partial charge in [-0.05, 0) is 36.4 Å². The third kappa shape index (κ3) is 3.87. The molecular formula is C14H15ClN2O3S. The van der Waals surface area contributed by atoms with Gasteiger partial charge in [0.15, 0.2) is 0 Å². The van der Waals surface area contributed by atoms with Crippen LogP contribution in [0.4, 0.5) is 5.69 Å². The van der Waals surface area contributed by atoms with E-state index < -0.39 is 10.0 Å². The van der Waals surface area contributed by atoms with Crippen LogP contribution in [0.1, 0.15) is 5.56 Å². The Morgan fingerprint density at radius 3 is 2.67 bits per heavy atom. The average Bonchev–Trinajstić information content (AvgIpc) is 2.45. The van der Waals surface area contributed by atoms with Crippen LogP contribution in [0.3, 0.4) is 0 Å². The molecule has 0 aliphatic rings. The summed E-state index contributed by atoms with van der Waals surface area (Å²) in [6, 6.07) is 11.1. The molecule has 0 saturated carbocycles. The molecule has 0 bridgehead atoms. The van der Waals surface area contributed by atoms with E-state index in [9.17, 15) is 8.42 Å². The second-order valence-electron chi connectivity index (χ2n) is 4.35. The standard InChI is InChI=1S/C14H15ClN2O3S/c1-20-14-6-5-12(16)7-10(14)9-17-21(18,19)13-4-2-3-11(15)8-13/h2-8,17H,9,16H2,1H3. The van der Waals surface area contributed by atoms with Gasteiger partial charge >= 0.3 is 0 Å². The van der Waals surface area contributed by atoms with Gasteiger partial charge in [0, 0.05) is 22.8 Å². The summed E-state index contributed by atoms with van der Waals surface area (Å²) in [6.07, 6.45) is 0. The smallest absolute Gasteiger partial charge is 0.240 e. The molecule has 7 heteroatoms. The highest BCUT2D eigenvalue weighted by Crippen LogP contribution is 2.22. The summed E-state index contributed by atoms with van der Waals surface area (Å²) >= 11 is 5.81. The molecule has 3 N–H and O–H groups in total. The lowest BCUT2D eigenvalue weighted by Gasteiger charge is -2.11. The highest BCUT2D eigenvalue weighted by atomic mass is 35.5. The van der Waals surface area contributed by atoms with Gasteiger partial charge in [-0.1, -0.05) is 17.7 Å². The number of nitrogens with two attached hydrogens (primary N) is 1. The Bertz CT molecular complexity index is 748. The van der Waals surface area contributed by atoms with E-state index >= 15 is 0 Å². The summed E-state index contributed by atoms with van der Waals surface area (Å²) < 4.78 is 32.1. The molecule has 0 aliphatic carbocycles. The highest BCUT2D eigenvalue weighted by Gasteiger charge is 2.15. The Morgan fingerprint density at radius 2 is 2.00 bits per heavy atom. The lowest BCUT2D eigenvalue weighted by atomic mass is 10.2. The number of nitrogen functional groups attached to an aromatic ring is 1. The van der Waals surface area contributed by atoms with Crippen LogP contribution in [-0.4, -0.2) is 15.5 Å². The van der Waals surface area contributed by atoms with Crippen molar-refractivity contribution in [1.82, 2.24) is 4.72 Å². The molecule has 0 saturated heterocycles. The predicted octanol–water partition coefficient (Wildman–Crippen LogP) is 2.41. The van der Waals surface area contributed by atoms with E-state index in [-0.39, 0.29) is 11.4 Å². The predicted molar refractivity (Wildman–Crippen MR) is 82.9 cm³/mol. The van der Waals surface area contributed by atoms with E-state index in [4.69, 9.17) is 22.1 Å². The zero-order valence-corrected chi connectivity index (χ0v) is 12.9. The fourth-order valence-corrected chi connectivity index (χ4v) is 3.13. The minimum Gasteiger partial charge on any atom is -0.496 e. The number of anilines is 1. The van der Waals surface area contributed by atoms with Gasteiger partial charge in [0.05, 0.1) is 12.0 Å². The Labute approximate surface area is 128 Å². The van der Waals surface area contributed by atoms with Crippen LogP contribution in [0.15, 0.2) is 47.4 Å². The van der Waals surface area contributed by atoms with E-state index in [0.29, 0.717) is 22.0 Å². The number of hydrogen-bond acceptors (Lipinski definition) is 4. The maximum Gasteiger partial charge on any atom is 0.240 e. The molecule has 0 radical (unpaired) electrons. The Kier molecular flexibility index (Phi) is 4.72. The van der Waals surface area contributed by atoms with Crippen LogP contribution in [0.5, 0.6) is 5.75 Å². The van der Waals surface area contributed by atoms with Gasteiger partial charge in [0.2, 0.25) is 10.0 Å². The molecule has 0 aromatic heterocycles. The number of sulfonamides is 1. The molecule has 2 rings (SSSR count). The van der Waals surface area contributed by atoms with E-state index in [2.05, 4.69) is 4.72 Å². The summed E-state index contributed by atoms with van der Waals surface area (Å²) in [7, 11) is -2.14. The molecule has 0 heterocycles. The Morgan fingerprint density at radius 1 is 1.24 bits per heavy atom. The normalized spacial score (nSPS) is 11.3. The van der Waals surface area contributed by atoms with Gasteiger partial charge in [-0.15, -0.1) is 0 Å². The van der Waals surface area contributed by atoms with Crippen molar-refractivity contribution in [3.63, 3.8) is 0 Å². The van der Waals surface area contributed by atoms with Gasteiger partial charge in [0.25, 0.3) is 0 Å². The van der Waals surface area contributed by atoms with Crippen molar-refractivity contribution in [3.8, 4) is 5.75 Å². The van der Waals surface area contributed by atoms with Crippen molar-refractivity contribution in [2.75, 3.05) is 12.8 Å². The third-order valence-electron chi connectivity index (χ3n) is 2.86. The second-order valence-corrected chi connectivity index (χ2v) is 6.56. The number of hydrogen-bond donors (Lipinski definition) is 2. The van der Waals surface area contributed by atoms with Gasteiger partial charge in [-0.2, -0.15) is 0 Å². The van der Waals surface area contributed by atoms with Crippen molar-refractivity contribution < 1.29 is 13.2 Å². The van der Waals surface area contributed by atoms with Gasteiger partial charge < -0.3 is 10.5 Å². The number of nitrogens with one attached hydrogen (secondary N) is 1. The first-order valence-corrected chi connectivity index (χ1v) is 7.96. The second kappa shape index (κ2) is 6.34. The number of halogens is 1. The topological polar surface area (TPSA) is 81.4 Å². The van der Waals surface area contributed by atoms with Crippen LogP contribution in [0.2, 0.25) is 5.02 Å². The number of methoxy groups -OCH3 is 1. The van der Waals surface area contributed by atoms with E-state index in [1.807, 2.05) is 0 Å². The van der Waals surface area contributed by atoms with E-state index in [1.165, 1.54) is 19.2 Å². The first-order valence-electron chi connectivity index (χ1n) is 6.10. The summed E-state index contributed by atoms with van der Waals surface area (Å²) in [6.45, 7) is 0.0725. The van der Waals surface area contributed by atoms with Gasteiger partial charge in [0.1, 0.15) is 5.75 Å². The monoisotopic (exact) mass is 326 g/mol. The maximum atomic E-state index is 12.2. The van der Waals surface area contributed by atoms with Crippen LogP contribution in [0, 0.1) is 0 Å². The summed E-state index contributed by atoms with van der Waals surface area (Å²) in [5.74, 6) is 0.568. The number of rotatable bonds is 5. The largest absolute Gasteiger partial charge is 0.496 e. The molecule has 21 heavy (non-hydrogen) atoms. The van der Waals surface area contributed by atoms with Gasteiger partial charge in [-0.3, -0.25) is 0 Å². The van der Waals surface area contributed by atoms with Gasteiger partial charge in [-0.25, -0.2) is 13.1 Å². The van der Waals surface area contributed by atoms with Crippen LogP contribution in [0.25, 0.3) is 0 Å². The van der Waals surface area contributed by atoms with E-state index in [1.54, 1.807) is 30.3 Å². The van der Waals surface area contributed by atoms with Crippen molar-refractivity contribution in [1.29, 1.82) is 0 Å². The first-order chi connectivity index (χ1) is 9.92. The molecule has 0 atom stereocenters. The first kappa shape index (κ1) is 15.6. The quantitative estimate of drug-likeness (QED) is 0.827. The molecule has 0 fully saturated rings. The molecule has 0 aliphatic heterocycles. The molecule has 0 spiro atoms. The molecular weight excluding hydrogens is 312 g/mol. The van der Waals surface area contributed by atoms with Crippen molar-refractivity contribution in [2.45, 2.75) is 11.4 Å². The SMILES string of the molecule is COc1ccc(N)cc1CNS(=O)(=O)c1cccc(Cl)c1. The molecule has 5 nitrogen and oxygen atoms in total. The number of ether oxygens (including phenoxy) is 1. The molecule has 2 aromatic rings. The zero-order chi connectivity index (χ0) is 15.5. The zero-order valence-electron chi connectivity index (χ0n) is 11.3. The minimum absolute atomic E-state index is 0.0725. The summed E-state index contributed by atoms with van der Waals surface area (Å²) in [5.41, 5.74) is 6.89. The van der Waals surface area contributed by atoms with Crippen LogP contribution < -0.4 is 15.2 Å². The average molecular weight is 327 g/mol. The summed E-state index contributed by atoms with van der Waals surface area (Å²) in [4.78, 5) is 0.109. The maximum absolute atomic E-state index is 12.2. The Hall–Kier alpha value is -1.76. The molecule has 112 valence electrons. The summed E-state index contributed by atoms with van der Waals surface area (Å²) in [5, 5.41) is 0.361. The molecule has 2 aromatic carbocycles. The lowest BCUT2D eigenvalue weighted by molar-refractivity contribution is 0.409. The molecule has 0 amide bonds. The van der Waals surface area contributed by atoms with Crippen LogP contribution >= 0.6 is 11.6 Å². The lowest BCUT2D eigenvalue weighted by Crippen LogP contribution is -2.23. The van der Waals surface area contributed by atoms with Crippen LogP contribution in [-0.2, 0) is 16.6 Å².